The fourth-order valence-corrected chi connectivity index (χ4v) is 1.15. The summed E-state index contributed by atoms with van der Waals surface area (Å²) >= 11 is 0. The first-order valence-corrected chi connectivity index (χ1v) is 5.84. The molecule has 0 aliphatic carbocycles. The van der Waals surface area contributed by atoms with Crippen LogP contribution in [0.5, 0.6) is 0 Å². The van der Waals surface area contributed by atoms with Crippen molar-refractivity contribution in [3.63, 3.8) is 0 Å². The van der Waals surface area contributed by atoms with Crippen molar-refractivity contribution in [1.29, 1.82) is 0 Å². The van der Waals surface area contributed by atoms with E-state index in [1.807, 2.05) is 0 Å². The third-order valence-electron chi connectivity index (χ3n) is 3.25. The summed E-state index contributed by atoms with van der Waals surface area (Å²) in [6, 6.07) is 4.45. The number of nitrogen functional groups attached to an aromatic ring is 1. The van der Waals surface area contributed by atoms with Gasteiger partial charge in [-0.2, -0.15) is 0 Å². The zero-order valence-electron chi connectivity index (χ0n) is 11.6. The summed E-state index contributed by atoms with van der Waals surface area (Å²) in [7, 11) is 1.42. The van der Waals surface area contributed by atoms with Gasteiger partial charge in [0, 0.05) is 19.9 Å². The standard InChI is InChI=1S/C12H18BN2O4/c1-11(2,16)12(3,4)19-13-8-5-6-9(14)10(7-8)15(17)18/h5-7,16H,14H2,1-4H3/p+1. The van der Waals surface area contributed by atoms with E-state index in [2.05, 4.69) is 0 Å². The Kier molecular flexibility index (Phi) is 4.22. The Balaban J connectivity index is 2.85. The van der Waals surface area contributed by atoms with Crippen LogP contribution in [0.15, 0.2) is 18.2 Å². The maximum atomic E-state index is 10.8. The smallest absolute Gasteiger partial charge is 0.331 e. The number of nitro groups is 1. The number of nitrogens with zero attached hydrogens (tertiary/aromatic N) is 1. The first kappa shape index (κ1) is 15.5. The van der Waals surface area contributed by atoms with Crippen LogP contribution >= 0.6 is 0 Å². The Morgan fingerprint density at radius 1 is 1.37 bits per heavy atom. The average molecular weight is 266 g/mol. The lowest BCUT2D eigenvalue weighted by atomic mass is 9.82. The van der Waals surface area contributed by atoms with E-state index in [0.717, 1.165) is 0 Å². The van der Waals surface area contributed by atoms with Gasteiger partial charge >= 0.3 is 7.48 Å². The van der Waals surface area contributed by atoms with Gasteiger partial charge in [-0.15, -0.1) is 0 Å². The van der Waals surface area contributed by atoms with E-state index in [-0.39, 0.29) is 11.4 Å². The van der Waals surface area contributed by atoms with Gasteiger partial charge in [0.2, 0.25) is 0 Å². The van der Waals surface area contributed by atoms with Crippen molar-refractivity contribution < 1.29 is 14.7 Å². The molecule has 0 amide bonds. The molecule has 1 aromatic rings. The molecule has 0 aliphatic rings. The lowest BCUT2D eigenvalue weighted by Gasteiger charge is -2.33. The fourth-order valence-electron chi connectivity index (χ4n) is 1.15. The second-order valence-electron chi connectivity index (χ2n) is 5.45. The van der Waals surface area contributed by atoms with Crippen LogP contribution in [-0.2, 0) is 4.65 Å². The fraction of sp³-hybridized carbons (Fsp3) is 0.500. The molecule has 0 heterocycles. The summed E-state index contributed by atoms with van der Waals surface area (Å²) in [5, 5.41) is 18.7. The van der Waals surface area contributed by atoms with Crippen molar-refractivity contribution in [3.05, 3.63) is 28.3 Å². The molecule has 0 saturated carbocycles. The van der Waals surface area contributed by atoms with Crippen LogP contribution in [0.3, 0.4) is 0 Å². The number of anilines is 1. The lowest BCUT2D eigenvalue weighted by molar-refractivity contribution is -0.383. The van der Waals surface area contributed by atoms with Gasteiger partial charge in [-0.05, 0) is 25.4 Å². The highest BCUT2D eigenvalue weighted by atomic mass is 16.6. The monoisotopic (exact) mass is 266 g/mol. The van der Waals surface area contributed by atoms with Gasteiger partial charge in [0.15, 0.2) is 5.60 Å². The van der Waals surface area contributed by atoms with Gasteiger partial charge in [-0.25, -0.2) is 0 Å². The van der Waals surface area contributed by atoms with E-state index in [0.29, 0.717) is 5.46 Å². The molecule has 0 unspecified atom stereocenters. The number of nitrogens with two attached hydrogens (primary N) is 1. The number of rotatable bonds is 5. The van der Waals surface area contributed by atoms with Gasteiger partial charge in [0.25, 0.3) is 5.69 Å². The molecule has 0 atom stereocenters. The third-order valence-corrected chi connectivity index (χ3v) is 3.25. The summed E-state index contributed by atoms with van der Waals surface area (Å²) in [5.74, 6) is 0. The third kappa shape index (κ3) is 3.68. The Hall–Kier alpha value is -1.60. The van der Waals surface area contributed by atoms with Crippen molar-refractivity contribution in [1.82, 2.24) is 0 Å². The van der Waals surface area contributed by atoms with Gasteiger partial charge in [-0.1, -0.05) is 6.07 Å². The largest absolute Gasteiger partial charge is 0.439 e. The van der Waals surface area contributed by atoms with Crippen LogP contribution in [0.2, 0.25) is 0 Å². The second kappa shape index (κ2) is 5.18. The summed E-state index contributed by atoms with van der Waals surface area (Å²) < 4.78 is 5.58. The zero-order valence-corrected chi connectivity index (χ0v) is 11.6. The maximum Gasteiger partial charge on any atom is 0.331 e. The van der Waals surface area contributed by atoms with Crippen LogP contribution in [0.1, 0.15) is 27.7 Å². The maximum absolute atomic E-state index is 10.8. The first-order chi connectivity index (χ1) is 8.54. The molecule has 0 saturated heterocycles. The van der Waals surface area contributed by atoms with Crippen molar-refractivity contribution in [2.45, 2.75) is 38.9 Å². The molecule has 0 aliphatic heterocycles. The highest BCUT2D eigenvalue weighted by Crippen LogP contribution is 2.24. The van der Waals surface area contributed by atoms with Crippen molar-refractivity contribution >= 4 is 24.3 Å². The highest BCUT2D eigenvalue weighted by Gasteiger charge is 2.40. The second-order valence-corrected chi connectivity index (χ2v) is 5.45. The molecule has 4 N–H and O–H groups in total. The topological polar surface area (TPSA) is 101 Å². The minimum absolute atomic E-state index is 0.113. The van der Waals surface area contributed by atoms with Crippen LogP contribution in [-0.4, -0.2) is 28.7 Å². The number of nitro benzene ring substituents is 1. The summed E-state index contributed by atoms with van der Waals surface area (Å²) in [4.78, 5) is 10.2. The van der Waals surface area contributed by atoms with Crippen LogP contribution in [0.25, 0.3) is 0 Å². The molecule has 19 heavy (non-hydrogen) atoms. The van der Waals surface area contributed by atoms with Gasteiger partial charge in [-0.3, -0.25) is 10.1 Å². The van der Waals surface area contributed by atoms with E-state index in [1.54, 1.807) is 33.8 Å². The normalized spacial score (nSPS) is 12.3. The number of hydrogen-bond acceptors (Lipinski definition) is 4. The molecule has 1 radical (unpaired) electrons. The summed E-state index contributed by atoms with van der Waals surface area (Å²) in [6.45, 7) is 7.07. The number of benzene rings is 1. The predicted octanol–water partition coefficient (Wildman–Crippen LogP) is 0.720. The van der Waals surface area contributed by atoms with E-state index in [4.69, 9.17) is 15.5 Å². The SMILES string of the molecule is CC(C)([OH2+])C(C)(C)O[B]c1ccc(N)c([N+](=O)[O-])c1. The quantitative estimate of drug-likeness (QED) is 0.279. The first-order valence-electron chi connectivity index (χ1n) is 5.84. The van der Waals surface area contributed by atoms with Crippen molar-refractivity contribution in [2.75, 3.05) is 5.73 Å². The lowest BCUT2D eigenvalue weighted by Crippen LogP contribution is -2.49. The molecule has 1 rings (SSSR count). The minimum Gasteiger partial charge on any atom is -0.439 e. The number of hydrogen-bond donors (Lipinski definition) is 1. The molecular formula is C12H19BN2O4+. The molecule has 0 spiro atoms. The molecular weight excluding hydrogens is 247 g/mol. The molecule has 103 valence electrons. The Labute approximate surface area is 113 Å². The molecule has 0 aromatic heterocycles. The Bertz CT molecular complexity index is 483. The van der Waals surface area contributed by atoms with E-state index >= 15 is 0 Å². The minimum atomic E-state index is -0.802. The van der Waals surface area contributed by atoms with E-state index in [9.17, 15) is 10.1 Å². The Morgan fingerprint density at radius 3 is 2.42 bits per heavy atom. The molecule has 0 fully saturated rings. The average Bonchev–Trinajstić information content (AvgIpc) is 2.26. The van der Waals surface area contributed by atoms with Gasteiger partial charge < -0.3 is 15.5 Å². The Morgan fingerprint density at radius 2 is 1.95 bits per heavy atom. The summed E-state index contributed by atoms with van der Waals surface area (Å²) in [6.07, 6.45) is 0. The van der Waals surface area contributed by atoms with Crippen LogP contribution < -0.4 is 11.2 Å². The van der Waals surface area contributed by atoms with Gasteiger partial charge in [0.05, 0.1) is 4.92 Å². The van der Waals surface area contributed by atoms with Crippen LogP contribution in [0.4, 0.5) is 11.4 Å². The zero-order chi connectivity index (χ0) is 14.8. The van der Waals surface area contributed by atoms with Crippen molar-refractivity contribution in [3.8, 4) is 0 Å². The molecule has 6 nitrogen and oxygen atoms in total. The predicted molar refractivity (Wildman–Crippen MR) is 75.8 cm³/mol. The molecule has 1 aromatic carbocycles. The molecule has 7 heteroatoms. The van der Waals surface area contributed by atoms with Crippen molar-refractivity contribution in [2.24, 2.45) is 0 Å². The van der Waals surface area contributed by atoms with Crippen LogP contribution in [0, 0.1) is 10.1 Å². The summed E-state index contributed by atoms with van der Waals surface area (Å²) in [5.41, 5.74) is 4.49. The van der Waals surface area contributed by atoms with Gasteiger partial charge in [0.1, 0.15) is 11.3 Å². The van der Waals surface area contributed by atoms with E-state index < -0.39 is 16.1 Å². The highest BCUT2D eigenvalue weighted by molar-refractivity contribution is 6.47. The van der Waals surface area contributed by atoms with E-state index in [1.165, 1.54) is 19.6 Å². The molecule has 0 bridgehead atoms.